The van der Waals surface area contributed by atoms with Crippen molar-refractivity contribution in [2.45, 2.75) is 50.6 Å². The van der Waals surface area contributed by atoms with Crippen LogP contribution in [0.3, 0.4) is 0 Å². The molecule has 3 N–H and O–H groups in total. The molecule has 182 valence electrons. The van der Waals surface area contributed by atoms with Crippen LogP contribution in [0.5, 0.6) is 0 Å². The number of carbonyl (C=O) groups is 3. The lowest BCUT2D eigenvalue weighted by Gasteiger charge is -2.39. The van der Waals surface area contributed by atoms with Crippen LogP contribution in [0.2, 0.25) is 0 Å². The van der Waals surface area contributed by atoms with Gasteiger partial charge in [-0.2, -0.15) is 4.31 Å². The summed E-state index contributed by atoms with van der Waals surface area (Å²) >= 11 is 0. The Balaban J connectivity index is 1.76. The molecule has 0 aromatic heterocycles. The molecule has 1 aliphatic heterocycles. The van der Waals surface area contributed by atoms with Crippen molar-refractivity contribution >= 4 is 27.7 Å². The molecular formula is C22H31FN4O5S. The summed E-state index contributed by atoms with van der Waals surface area (Å²) in [6.45, 7) is -0.265. The third kappa shape index (κ3) is 6.50. The van der Waals surface area contributed by atoms with Gasteiger partial charge in [0.1, 0.15) is 17.9 Å². The van der Waals surface area contributed by atoms with Crippen LogP contribution < -0.4 is 11.1 Å². The molecule has 2 fully saturated rings. The number of sulfonamides is 1. The van der Waals surface area contributed by atoms with Crippen molar-refractivity contribution in [3.8, 4) is 0 Å². The maximum Gasteiger partial charge on any atom is 0.254 e. The number of primary amides is 1. The van der Waals surface area contributed by atoms with E-state index in [9.17, 15) is 27.2 Å². The standard InChI is InChI=1S/C22H31FN4O5S/c1-33(31,32)27-11-10-26(22(30)16-8-5-9-17(23)13-16)14-19(27)21(29)25-18(20(24)28)12-15-6-3-2-4-7-15/h5,8-9,13,15,18-19H,2-4,6-7,10-12,14H2,1H3,(H2,24,28)(H,25,29)/t18-,19+/m0/s1. The van der Waals surface area contributed by atoms with E-state index in [0.29, 0.717) is 6.42 Å². The molecule has 2 atom stereocenters. The molecule has 0 unspecified atom stereocenters. The highest BCUT2D eigenvalue weighted by Gasteiger charge is 2.40. The van der Waals surface area contributed by atoms with Crippen LogP contribution in [0.4, 0.5) is 4.39 Å². The first-order chi connectivity index (χ1) is 15.6. The zero-order valence-electron chi connectivity index (χ0n) is 18.7. The zero-order valence-corrected chi connectivity index (χ0v) is 19.5. The highest BCUT2D eigenvalue weighted by atomic mass is 32.2. The lowest BCUT2D eigenvalue weighted by atomic mass is 9.84. The van der Waals surface area contributed by atoms with E-state index in [1.807, 2.05) is 0 Å². The highest BCUT2D eigenvalue weighted by Crippen LogP contribution is 2.27. The van der Waals surface area contributed by atoms with Crippen LogP contribution in [0.25, 0.3) is 0 Å². The number of carbonyl (C=O) groups excluding carboxylic acids is 3. The van der Waals surface area contributed by atoms with Gasteiger partial charge in [-0.15, -0.1) is 0 Å². The van der Waals surface area contributed by atoms with Crippen LogP contribution in [0.1, 0.15) is 48.9 Å². The predicted molar refractivity (Wildman–Crippen MR) is 120 cm³/mol. The number of amides is 3. The van der Waals surface area contributed by atoms with Crippen molar-refractivity contribution in [2.24, 2.45) is 11.7 Å². The first-order valence-corrected chi connectivity index (χ1v) is 13.0. The van der Waals surface area contributed by atoms with Gasteiger partial charge in [-0.25, -0.2) is 12.8 Å². The number of hydrogen-bond donors (Lipinski definition) is 2. The van der Waals surface area contributed by atoms with Crippen molar-refractivity contribution in [1.29, 1.82) is 0 Å². The van der Waals surface area contributed by atoms with Crippen molar-refractivity contribution in [2.75, 3.05) is 25.9 Å². The van der Waals surface area contributed by atoms with Gasteiger partial charge in [-0.05, 0) is 30.5 Å². The lowest BCUT2D eigenvalue weighted by Crippen LogP contribution is -2.63. The number of hydrogen-bond acceptors (Lipinski definition) is 5. The van der Waals surface area contributed by atoms with Crippen LogP contribution in [-0.2, 0) is 19.6 Å². The second-order valence-corrected chi connectivity index (χ2v) is 10.8. The molecule has 0 radical (unpaired) electrons. The smallest absolute Gasteiger partial charge is 0.254 e. The Morgan fingerprint density at radius 1 is 1.18 bits per heavy atom. The van der Waals surface area contributed by atoms with Gasteiger partial charge in [0.05, 0.1) is 6.26 Å². The van der Waals surface area contributed by atoms with Gasteiger partial charge >= 0.3 is 0 Å². The summed E-state index contributed by atoms with van der Waals surface area (Å²) < 4.78 is 39.2. The van der Waals surface area contributed by atoms with Gasteiger partial charge in [0, 0.05) is 25.2 Å². The molecule has 1 aliphatic carbocycles. The van der Waals surface area contributed by atoms with Crippen molar-refractivity contribution < 1.29 is 27.2 Å². The molecule has 0 bridgehead atoms. The fourth-order valence-corrected chi connectivity index (χ4v) is 5.67. The third-order valence-corrected chi connectivity index (χ3v) is 7.66. The van der Waals surface area contributed by atoms with E-state index in [4.69, 9.17) is 5.73 Å². The van der Waals surface area contributed by atoms with Gasteiger partial charge in [0.25, 0.3) is 5.91 Å². The molecule has 1 aromatic carbocycles. The SMILES string of the molecule is CS(=O)(=O)N1CCN(C(=O)c2cccc(F)c2)C[C@@H]1C(=O)N[C@@H](CC1CCCCC1)C(N)=O. The van der Waals surface area contributed by atoms with Gasteiger partial charge in [-0.1, -0.05) is 38.2 Å². The van der Waals surface area contributed by atoms with E-state index in [1.54, 1.807) is 0 Å². The molecule has 1 saturated heterocycles. The topological polar surface area (TPSA) is 130 Å². The number of nitrogens with zero attached hydrogens (tertiary/aromatic N) is 2. The van der Waals surface area contributed by atoms with Crippen LogP contribution in [0.15, 0.2) is 24.3 Å². The van der Waals surface area contributed by atoms with E-state index in [0.717, 1.165) is 48.7 Å². The summed E-state index contributed by atoms with van der Waals surface area (Å²) in [7, 11) is -3.77. The summed E-state index contributed by atoms with van der Waals surface area (Å²) in [6, 6.07) is 3.02. The number of nitrogens with one attached hydrogen (secondary N) is 1. The molecule has 11 heteroatoms. The molecule has 1 heterocycles. The Morgan fingerprint density at radius 2 is 1.88 bits per heavy atom. The zero-order chi connectivity index (χ0) is 24.2. The van der Waals surface area contributed by atoms with E-state index < -0.39 is 45.6 Å². The maximum atomic E-state index is 13.6. The minimum atomic E-state index is -3.77. The Bertz CT molecular complexity index is 996. The van der Waals surface area contributed by atoms with Gasteiger partial charge in [0.2, 0.25) is 21.8 Å². The molecule has 2 aliphatic rings. The van der Waals surface area contributed by atoms with Crippen molar-refractivity contribution in [3.63, 3.8) is 0 Å². The van der Waals surface area contributed by atoms with Crippen LogP contribution in [0, 0.1) is 11.7 Å². The molecule has 3 rings (SSSR count). The molecule has 9 nitrogen and oxygen atoms in total. The second-order valence-electron chi connectivity index (χ2n) is 8.85. The summed E-state index contributed by atoms with van der Waals surface area (Å²) in [6.07, 6.45) is 6.56. The fourth-order valence-electron chi connectivity index (χ4n) is 4.64. The third-order valence-electron chi connectivity index (χ3n) is 6.37. The number of piperazine rings is 1. The number of nitrogens with two attached hydrogens (primary N) is 1. The Hall–Kier alpha value is -2.53. The summed E-state index contributed by atoms with van der Waals surface area (Å²) in [5, 5.41) is 2.63. The van der Waals surface area contributed by atoms with Crippen molar-refractivity contribution in [3.05, 3.63) is 35.6 Å². The van der Waals surface area contributed by atoms with Gasteiger partial charge < -0.3 is 16.0 Å². The van der Waals surface area contributed by atoms with E-state index in [1.165, 1.54) is 23.1 Å². The molecule has 3 amide bonds. The minimum absolute atomic E-state index is 0.0491. The largest absolute Gasteiger partial charge is 0.368 e. The van der Waals surface area contributed by atoms with E-state index in [-0.39, 0.29) is 31.1 Å². The quantitative estimate of drug-likeness (QED) is 0.595. The predicted octanol–water partition coefficient (Wildman–Crippen LogP) is 0.852. The molecule has 33 heavy (non-hydrogen) atoms. The first-order valence-electron chi connectivity index (χ1n) is 11.2. The average Bonchev–Trinajstić information content (AvgIpc) is 2.77. The lowest BCUT2D eigenvalue weighted by molar-refractivity contribution is -0.131. The highest BCUT2D eigenvalue weighted by molar-refractivity contribution is 7.88. The molecular weight excluding hydrogens is 451 g/mol. The molecule has 1 aromatic rings. The van der Waals surface area contributed by atoms with Gasteiger partial charge in [0.15, 0.2) is 0 Å². The van der Waals surface area contributed by atoms with Crippen LogP contribution in [-0.4, -0.2) is 73.3 Å². The normalized spacial score (nSPS) is 21.4. The number of halogens is 1. The summed E-state index contributed by atoms with van der Waals surface area (Å²) in [5.74, 6) is -2.17. The number of rotatable bonds is 7. The summed E-state index contributed by atoms with van der Waals surface area (Å²) in [4.78, 5) is 39.4. The molecule has 0 spiro atoms. The average molecular weight is 483 g/mol. The monoisotopic (exact) mass is 482 g/mol. The summed E-state index contributed by atoms with van der Waals surface area (Å²) in [5.41, 5.74) is 5.64. The number of benzene rings is 1. The van der Waals surface area contributed by atoms with E-state index >= 15 is 0 Å². The minimum Gasteiger partial charge on any atom is -0.368 e. The second kappa shape index (κ2) is 10.6. The Labute approximate surface area is 193 Å². The Morgan fingerprint density at radius 3 is 2.48 bits per heavy atom. The first kappa shape index (κ1) is 25.1. The molecule has 1 saturated carbocycles. The van der Waals surface area contributed by atoms with Crippen molar-refractivity contribution in [1.82, 2.24) is 14.5 Å². The van der Waals surface area contributed by atoms with Crippen LogP contribution >= 0.6 is 0 Å². The van der Waals surface area contributed by atoms with E-state index in [2.05, 4.69) is 5.32 Å². The maximum absolute atomic E-state index is 13.6. The van der Waals surface area contributed by atoms with Gasteiger partial charge in [-0.3, -0.25) is 14.4 Å². The fraction of sp³-hybridized carbons (Fsp3) is 0.591. The Kier molecular flexibility index (Phi) is 8.06.